The second kappa shape index (κ2) is 8.32. The summed E-state index contributed by atoms with van der Waals surface area (Å²) in [6, 6.07) is 3.50. The lowest BCUT2D eigenvalue weighted by Gasteiger charge is -2.21. The number of carbonyl (C=O) groups is 1. The van der Waals surface area contributed by atoms with E-state index in [2.05, 4.69) is 15.3 Å². The van der Waals surface area contributed by atoms with Crippen LogP contribution in [-0.4, -0.2) is 37.2 Å². The van der Waals surface area contributed by atoms with Crippen molar-refractivity contribution in [2.75, 3.05) is 21.3 Å². The van der Waals surface area contributed by atoms with Gasteiger partial charge in [-0.1, -0.05) is 13.8 Å². The fraction of sp³-hybridized carbons (Fsp3) is 0.389. The molecule has 1 heterocycles. The lowest BCUT2D eigenvalue weighted by atomic mass is 9.97. The molecule has 0 atom stereocenters. The second-order valence-corrected chi connectivity index (χ2v) is 5.63. The summed E-state index contributed by atoms with van der Waals surface area (Å²) in [6.45, 7) is 4.33. The van der Waals surface area contributed by atoms with E-state index < -0.39 is 0 Å². The number of benzene rings is 1. The molecule has 0 spiro atoms. The lowest BCUT2D eigenvalue weighted by Crippen LogP contribution is -2.25. The number of hydrogen-bond acceptors (Lipinski definition) is 6. The van der Waals surface area contributed by atoms with Gasteiger partial charge in [-0.15, -0.1) is 0 Å². The zero-order valence-corrected chi connectivity index (χ0v) is 15.1. The van der Waals surface area contributed by atoms with E-state index in [1.54, 1.807) is 27.4 Å². The SMILES string of the molecule is COc1cc(CNC(=O)c2ncccn2)c(OC)c(OC)c1C(C)C. The Labute approximate surface area is 147 Å². The molecule has 7 heteroatoms. The van der Waals surface area contributed by atoms with Crippen molar-refractivity contribution in [2.45, 2.75) is 26.3 Å². The van der Waals surface area contributed by atoms with E-state index in [0.717, 1.165) is 11.1 Å². The molecule has 1 aromatic heterocycles. The topological polar surface area (TPSA) is 82.6 Å². The van der Waals surface area contributed by atoms with Gasteiger partial charge >= 0.3 is 0 Å². The highest BCUT2D eigenvalue weighted by Crippen LogP contribution is 2.44. The van der Waals surface area contributed by atoms with Gasteiger partial charge < -0.3 is 19.5 Å². The van der Waals surface area contributed by atoms with E-state index in [1.165, 1.54) is 12.4 Å². The molecule has 0 unspecified atom stereocenters. The average molecular weight is 345 g/mol. The molecular formula is C18H23N3O4. The first-order chi connectivity index (χ1) is 12.0. The Hall–Kier alpha value is -2.83. The molecule has 1 N–H and O–H groups in total. The maximum Gasteiger partial charge on any atom is 0.289 e. The third kappa shape index (κ3) is 3.99. The normalized spacial score (nSPS) is 10.5. The van der Waals surface area contributed by atoms with Crippen molar-refractivity contribution in [2.24, 2.45) is 0 Å². The molecule has 0 saturated carbocycles. The van der Waals surface area contributed by atoms with Crippen LogP contribution in [0.1, 0.15) is 41.5 Å². The lowest BCUT2D eigenvalue weighted by molar-refractivity contribution is 0.0940. The summed E-state index contributed by atoms with van der Waals surface area (Å²) in [5.41, 5.74) is 1.66. The fourth-order valence-electron chi connectivity index (χ4n) is 2.63. The van der Waals surface area contributed by atoms with Crippen LogP contribution in [0.2, 0.25) is 0 Å². The molecule has 7 nitrogen and oxygen atoms in total. The Balaban J connectivity index is 2.35. The number of rotatable bonds is 7. The van der Waals surface area contributed by atoms with Crippen LogP contribution < -0.4 is 19.5 Å². The van der Waals surface area contributed by atoms with Crippen molar-refractivity contribution in [1.82, 2.24) is 15.3 Å². The minimum absolute atomic E-state index is 0.110. The number of carbonyl (C=O) groups excluding carboxylic acids is 1. The van der Waals surface area contributed by atoms with E-state index >= 15 is 0 Å². The molecule has 1 amide bonds. The summed E-state index contributed by atoms with van der Waals surface area (Å²) in [4.78, 5) is 20.0. The van der Waals surface area contributed by atoms with Gasteiger partial charge in [0.25, 0.3) is 5.91 Å². The summed E-state index contributed by atoms with van der Waals surface area (Å²) in [5.74, 6) is 1.79. The van der Waals surface area contributed by atoms with Crippen molar-refractivity contribution in [3.63, 3.8) is 0 Å². The summed E-state index contributed by atoms with van der Waals surface area (Å²) in [5, 5.41) is 2.79. The molecule has 0 aliphatic heterocycles. The van der Waals surface area contributed by atoms with E-state index in [1.807, 2.05) is 19.9 Å². The number of ether oxygens (including phenoxy) is 3. The Bertz CT molecular complexity index is 733. The summed E-state index contributed by atoms with van der Waals surface area (Å²) in [6.07, 6.45) is 3.04. The summed E-state index contributed by atoms with van der Waals surface area (Å²) in [7, 11) is 4.76. The molecule has 0 aliphatic carbocycles. The van der Waals surface area contributed by atoms with Crippen LogP contribution in [0, 0.1) is 0 Å². The monoisotopic (exact) mass is 345 g/mol. The predicted octanol–water partition coefficient (Wildman–Crippen LogP) is 2.56. The van der Waals surface area contributed by atoms with Gasteiger partial charge in [0.1, 0.15) is 5.75 Å². The largest absolute Gasteiger partial charge is 0.496 e. The molecule has 0 aliphatic rings. The molecule has 2 aromatic rings. The smallest absolute Gasteiger partial charge is 0.289 e. The van der Waals surface area contributed by atoms with Crippen molar-refractivity contribution >= 4 is 5.91 Å². The third-order valence-corrected chi connectivity index (χ3v) is 3.73. The molecular weight excluding hydrogens is 322 g/mol. The average Bonchev–Trinajstić information content (AvgIpc) is 2.64. The van der Waals surface area contributed by atoms with Crippen LogP contribution in [0.3, 0.4) is 0 Å². The number of amides is 1. The molecule has 1 aromatic carbocycles. The van der Waals surface area contributed by atoms with Crippen LogP contribution in [0.25, 0.3) is 0 Å². The maximum absolute atomic E-state index is 12.2. The van der Waals surface area contributed by atoms with Crippen molar-refractivity contribution in [3.8, 4) is 17.2 Å². The van der Waals surface area contributed by atoms with E-state index in [0.29, 0.717) is 17.2 Å². The van der Waals surface area contributed by atoms with Gasteiger partial charge in [-0.3, -0.25) is 4.79 Å². The minimum atomic E-state index is -0.367. The Kier molecular flexibility index (Phi) is 6.16. The first-order valence-corrected chi connectivity index (χ1v) is 7.90. The summed E-state index contributed by atoms with van der Waals surface area (Å²) < 4.78 is 16.6. The zero-order valence-electron chi connectivity index (χ0n) is 15.1. The second-order valence-electron chi connectivity index (χ2n) is 5.63. The third-order valence-electron chi connectivity index (χ3n) is 3.73. The molecule has 0 radical (unpaired) electrons. The van der Waals surface area contributed by atoms with Gasteiger partial charge in [0.15, 0.2) is 11.5 Å². The minimum Gasteiger partial charge on any atom is -0.496 e. The van der Waals surface area contributed by atoms with Crippen molar-refractivity contribution in [1.29, 1.82) is 0 Å². The Morgan fingerprint density at radius 2 is 1.72 bits per heavy atom. The molecule has 25 heavy (non-hydrogen) atoms. The van der Waals surface area contributed by atoms with Gasteiger partial charge in [0, 0.05) is 30.1 Å². The fourth-order valence-corrected chi connectivity index (χ4v) is 2.63. The van der Waals surface area contributed by atoms with E-state index in [9.17, 15) is 4.79 Å². The number of nitrogens with one attached hydrogen (secondary N) is 1. The first kappa shape index (κ1) is 18.5. The van der Waals surface area contributed by atoms with E-state index in [4.69, 9.17) is 14.2 Å². The van der Waals surface area contributed by atoms with Crippen LogP contribution in [-0.2, 0) is 6.54 Å². The van der Waals surface area contributed by atoms with Crippen LogP contribution in [0.4, 0.5) is 0 Å². The Morgan fingerprint density at radius 3 is 2.24 bits per heavy atom. The molecule has 0 bridgehead atoms. The number of aromatic nitrogens is 2. The van der Waals surface area contributed by atoms with Crippen molar-refractivity contribution < 1.29 is 19.0 Å². The highest BCUT2D eigenvalue weighted by atomic mass is 16.5. The highest BCUT2D eigenvalue weighted by Gasteiger charge is 2.23. The van der Waals surface area contributed by atoms with E-state index in [-0.39, 0.29) is 24.2 Å². The van der Waals surface area contributed by atoms with Crippen LogP contribution in [0.15, 0.2) is 24.5 Å². The van der Waals surface area contributed by atoms with Gasteiger partial charge in [0.05, 0.1) is 21.3 Å². The standard InChI is InChI=1S/C18H23N3O4/c1-11(2)14-13(23-3)9-12(15(24-4)16(14)25-5)10-21-18(22)17-19-7-6-8-20-17/h6-9,11H,10H2,1-5H3,(H,21,22). The number of nitrogens with zero attached hydrogens (tertiary/aromatic N) is 2. The Morgan fingerprint density at radius 1 is 1.08 bits per heavy atom. The quantitative estimate of drug-likeness (QED) is 0.830. The van der Waals surface area contributed by atoms with Gasteiger partial charge in [-0.05, 0) is 18.1 Å². The zero-order chi connectivity index (χ0) is 18.4. The maximum atomic E-state index is 12.2. The number of hydrogen-bond donors (Lipinski definition) is 1. The molecule has 0 saturated heterocycles. The molecule has 134 valence electrons. The van der Waals surface area contributed by atoms with Crippen LogP contribution >= 0.6 is 0 Å². The molecule has 0 fully saturated rings. The van der Waals surface area contributed by atoms with Crippen LogP contribution in [0.5, 0.6) is 17.2 Å². The van der Waals surface area contributed by atoms with Gasteiger partial charge in [0.2, 0.25) is 5.82 Å². The molecule has 2 rings (SSSR count). The summed E-state index contributed by atoms with van der Waals surface area (Å²) >= 11 is 0. The number of methoxy groups -OCH3 is 3. The van der Waals surface area contributed by atoms with Crippen molar-refractivity contribution in [3.05, 3.63) is 41.5 Å². The van der Waals surface area contributed by atoms with Gasteiger partial charge in [-0.25, -0.2) is 9.97 Å². The predicted molar refractivity (Wildman–Crippen MR) is 93.4 cm³/mol. The highest BCUT2D eigenvalue weighted by molar-refractivity contribution is 5.90. The first-order valence-electron chi connectivity index (χ1n) is 7.90. The van der Waals surface area contributed by atoms with Gasteiger partial charge in [-0.2, -0.15) is 0 Å².